The molecule has 0 spiro atoms. The minimum Gasteiger partial charge on any atom is -0.372 e. The molecule has 0 heterocycles. The summed E-state index contributed by atoms with van der Waals surface area (Å²) in [6, 6.07) is 0. The van der Waals surface area contributed by atoms with Crippen LogP contribution in [0.2, 0.25) is 0 Å². The Balaban J connectivity index is 3.73. The summed E-state index contributed by atoms with van der Waals surface area (Å²) in [5.74, 6) is 0. The van der Waals surface area contributed by atoms with Crippen molar-refractivity contribution in [1.82, 2.24) is 0 Å². The zero-order valence-electron chi connectivity index (χ0n) is 26.3. The Kier molecular flexibility index (Phi) is 27.5. The molecule has 0 aliphatic carbocycles. The van der Waals surface area contributed by atoms with Crippen LogP contribution in [0.4, 0.5) is 0 Å². The highest BCUT2D eigenvalue weighted by Gasteiger charge is 2.39. The van der Waals surface area contributed by atoms with E-state index in [9.17, 15) is 18.1 Å². The predicted octanol–water partition coefficient (Wildman–Crippen LogP) is 11.5. The molecule has 0 saturated carbocycles. The minimum absolute atomic E-state index is 0.144. The van der Waals surface area contributed by atoms with E-state index in [-0.39, 0.29) is 12.8 Å². The molecular formula is C34H68O4S. The van der Waals surface area contributed by atoms with Crippen molar-refractivity contribution in [3.05, 3.63) is 12.2 Å². The predicted molar refractivity (Wildman–Crippen MR) is 171 cm³/mol. The molecular weight excluding hydrogens is 504 g/mol. The lowest BCUT2D eigenvalue weighted by Crippen LogP contribution is -2.38. The monoisotopic (exact) mass is 572 g/mol. The van der Waals surface area contributed by atoms with Crippen LogP contribution in [-0.4, -0.2) is 23.0 Å². The summed E-state index contributed by atoms with van der Waals surface area (Å²) in [4.78, 5) is -1.97. The maximum Gasteiger partial charge on any atom is 0.294 e. The van der Waals surface area contributed by atoms with Crippen LogP contribution in [-0.2, 0) is 10.1 Å². The Morgan fingerprint density at radius 2 is 0.718 bits per heavy atom. The molecule has 0 bridgehead atoms. The molecule has 0 aromatic rings. The molecule has 5 heteroatoms. The highest BCUT2D eigenvalue weighted by atomic mass is 32.2. The lowest BCUT2D eigenvalue weighted by atomic mass is 10.0. The summed E-state index contributed by atoms with van der Waals surface area (Å²) >= 11 is 0. The highest BCUT2D eigenvalue weighted by molar-refractivity contribution is 7.87. The van der Waals surface area contributed by atoms with Gasteiger partial charge in [0.2, 0.25) is 0 Å². The third-order valence-electron chi connectivity index (χ3n) is 8.23. The van der Waals surface area contributed by atoms with E-state index in [1.165, 1.54) is 122 Å². The second kappa shape index (κ2) is 27.8. The fraction of sp³-hybridized carbons (Fsp3) is 0.941. The van der Waals surface area contributed by atoms with Crippen molar-refractivity contribution in [2.75, 3.05) is 0 Å². The largest absolute Gasteiger partial charge is 0.372 e. The van der Waals surface area contributed by atoms with Crippen molar-refractivity contribution < 1.29 is 18.1 Å². The van der Waals surface area contributed by atoms with E-state index in [1.807, 2.05) is 0 Å². The summed E-state index contributed by atoms with van der Waals surface area (Å²) in [5, 5.41) is 10.7. The lowest BCUT2D eigenvalue weighted by molar-refractivity contribution is 0.0884. The van der Waals surface area contributed by atoms with Gasteiger partial charge in [-0.25, -0.2) is 0 Å². The quantitative estimate of drug-likeness (QED) is 0.0492. The van der Waals surface area contributed by atoms with Crippen molar-refractivity contribution >= 4 is 10.1 Å². The third-order valence-corrected chi connectivity index (χ3v) is 9.60. The molecule has 1 atom stereocenters. The Bertz CT molecular complexity index is 631. The molecule has 0 fully saturated rings. The van der Waals surface area contributed by atoms with Gasteiger partial charge < -0.3 is 5.11 Å². The van der Waals surface area contributed by atoms with Crippen LogP contribution < -0.4 is 0 Å². The standard InChI is InChI=1S/C34H68O4S/c1-3-5-7-9-11-13-15-17-18-19-21-23-25-27-29-31-33-34(35,39(36,37)38)32-30-28-26-24-22-20-16-14-12-10-8-6-4-2/h17-18,35H,3-16,19-33H2,1-2H3,(H,36,37,38). The van der Waals surface area contributed by atoms with Crippen LogP contribution in [0.5, 0.6) is 0 Å². The van der Waals surface area contributed by atoms with Crippen LogP contribution in [0, 0.1) is 0 Å². The fourth-order valence-electron chi connectivity index (χ4n) is 5.45. The Morgan fingerprint density at radius 1 is 0.462 bits per heavy atom. The molecule has 0 aliphatic rings. The Labute approximate surface area is 245 Å². The van der Waals surface area contributed by atoms with E-state index in [0.717, 1.165) is 38.5 Å². The molecule has 0 aliphatic heterocycles. The van der Waals surface area contributed by atoms with E-state index in [4.69, 9.17) is 0 Å². The SMILES string of the molecule is CCCCCCCCC=CCCCCCCCCC(O)(CCCCCCCCCCCCCCC)S(=O)(=O)O. The van der Waals surface area contributed by atoms with Gasteiger partial charge in [0.05, 0.1) is 0 Å². The average Bonchev–Trinajstić information content (AvgIpc) is 2.90. The van der Waals surface area contributed by atoms with E-state index < -0.39 is 15.1 Å². The van der Waals surface area contributed by atoms with Crippen LogP contribution >= 0.6 is 0 Å². The number of hydrogen-bond acceptors (Lipinski definition) is 3. The van der Waals surface area contributed by atoms with Crippen molar-refractivity contribution in [2.45, 2.75) is 205 Å². The normalized spacial score (nSPS) is 13.8. The molecule has 0 saturated heterocycles. The van der Waals surface area contributed by atoms with Gasteiger partial charge in [-0.1, -0.05) is 161 Å². The molecule has 0 radical (unpaired) electrons. The summed E-state index contributed by atoms with van der Waals surface area (Å²) in [5.41, 5.74) is 0. The van der Waals surface area contributed by atoms with Gasteiger partial charge in [0.1, 0.15) is 0 Å². The molecule has 234 valence electrons. The molecule has 2 N–H and O–H groups in total. The third kappa shape index (κ3) is 25.1. The second-order valence-electron chi connectivity index (χ2n) is 12.1. The van der Waals surface area contributed by atoms with Gasteiger partial charge in [-0.3, -0.25) is 4.55 Å². The number of aliphatic hydroxyl groups is 1. The van der Waals surface area contributed by atoms with Gasteiger partial charge >= 0.3 is 0 Å². The Morgan fingerprint density at radius 3 is 1.00 bits per heavy atom. The molecule has 1 unspecified atom stereocenters. The minimum atomic E-state index is -4.45. The summed E-state index contributed by atoms with van der Waals surface area (Å²) < 4.78 is 33.5. The van der Waals surface area contributed by atoms with Crippen molar-refractivity contribution in [3.8, 4) is 0 Å². The van der Waals surface area contributed by atoms with E-state index in [2.05, 4.69) is 26.0 Å². The first-order valence-corrected chi connectivity index (χ1v) is 18.7. The van der Waals surface area contributed by atoms with E-state index >= 15 is 0 Å². The van der Waals surface area contributed by atoms with Crippen LogP contribution in [0.15, 0.2) is 12.2 Å². The average molecular weight is 573 g/mol. The van der Waals surface area contributed by atoms with Crippen molar-refractivity contribution in [1.29, 1.82) is 0 Å². The van der Waals surface area contributed by atoms with Gasteiger partial charge in [0.15, 0.2) is 4.93 Å². The maximum atomic E-state index is 11.9. The van der Waals surface area contributed by atoms with Crippen LogP contribution in [0.1, 0.15) is 200 Å². The number of allylic oxidation sites excluding steroid dienone is 2. The molecule has 39 heavy (non-hydrogen) atoms. The number of rotatable bonds is 31. The van der Waals surface area contributed by atoms with Gasteiger partial charge in [-0.15, -0.1) is 0 Å². The lowest BCUT2D eigenvalue weighted by Gasteiger charge is -2.24. The van der Waals surface area contributed by atoms with Crippen LogP contribution in [0.25, 0.3) is 0 Å². The summed E-state index contributed by atoms with van der Waals surface area (Å²) in [6.45, 7) is 4.51. The topological polar surface area (TPSA) is 74.6 Å². The van der Waals surface area contributed by atoms with Gasteiger partial charge in [0, 0.05) is 0 Å². The van der Waals surface area contributed by atoms with Gasteiger partial charge in [-0.05, 0) is 51.4 Å². The van der Waals surface area contributed by atoms with E-state index in [0.29, 0.717) is 12.8 Å². The zero-order valence-corrected chi connectivity index (χ0v) is 27.1. The molecule has 4 nitrogen and oxygen atoms in total. The first-order valence-electron chi connectivity index (χ1n) is 17.2. The Hall–Kier alpha value is -0.390. The number of unbranched alkanes of at least 4 members (excludes halogenated alkanes) is 24. The second-order valence-corrected chi connectivity index (χ2v) is 13.8. The summed E-state index contributed by atoms with van der Waals surface area (Å²) in [6.07, 6.45) is 37.4. The van der Waals surface area contributed by atoms with Crippen molar-refractivity contribution in [2.24, 2.45) is 0 Å². The molecule has 0 amide bonds. The fourth-order valence-corrected chi connectivity index (χ4v) is 6.26. The van der Waals surface area contributed by atoms with Gasteiger partial charge in [-0.2, -0.15) is 8.42 Å². The maximum absolute atomic E-state index is 11.9. The molecule has 0 aromatic carbocycles. The highest BCUT2D eigenvalue weighted by Crippen LogP contribution is 2.28. The smallest absolute Gasteiger partial charge is 0.294 e. The van der Waals surface area contributed by atoms with Crippen LogP contribution in [0.3, 0.4) is 0 Å². The summed E-state index contributed by atoms with van der Waals surface area (Å²) in [7, 11) is -4.45. The first kappa shape index (κ1) is 38.6. The number of hydrogen-bond donors (Lipinski definition) is 2. The van der Waals surface area contributed by atoms with Crippen molar-refractivity contribution in [3.63, 3.8) is 0 Å². The zero-order chi connectivity index (χ0) is 28.9. The first-order chi connectivity index (χ1) is 18.9. The van der Waals surface area contributed by atoms with Gasteiger partial charge in [0.25, 0.3) is 10.1 Å². The molecule has 0 rings (SSSR count). The van der Waals surface area contributed by atoms with E-state index in [1.54, 1.807) is 0 Å². The molecule has 0 aromatic heterocycles.